The van der Waals surface area contributed by atoms with Gasteiger partial charge in [-0.15, -0.1) is 0 Å². The second kappa shape index (κ2) is 12.5. The van der Waals surface area contributed by atoms with E-state index in [1.54, 1.807) is 0 Å². The van der Waals surface area contributed by atoms with E-state index in [1.807, 2.05) is 0 Å². The largest absolute Gasteiger partial charge is 0.0856 e. The summed E-state index contributed by atoms with van der Waals surface area (Å²) in [5.74, 6) is 0.487. The minimum atomic E-state index is 0.487. The van der Waals surface area contributed by atoms with Crippen LogP contribution in [0.15, 0.2) is 77.4 Å². The van der Waals surface area contributed by atoms with E-state index in [0.29, 0.717) is 5.92 Å². The lowest BCUT2D eigenvalue weighted by molar-refractivity contribution is 0.914. The van der Waals surface area contributed by atoms with E-state index in [-0.39, 0.29) is 0 Å². The van der Waals surface area contributed by atoms with E-state index in [4.69, 9.17) is 0 Å². The zero-order valence-electron chi connectivity index (χ0n) is 16.9. The first kappa shape index (κ1) is 21.2. The van der Waals surface area contributed by atoms with Crippen LogP contribution in [0.3, 0.4) is 0 Å². The first-order valence-corrected chi connectivity index (χ1v) is 9.65. The molecule has 1 atom stereocenters. The number of benzene rings is 1. The molecular formula is C25H36. The number of hydrogen-bond acceptors (Lipinski definition) is 0. The van der Waals surface area contributed by atoms with Gasteiger partial charge in [-0.2, -0.15) is 0 Å². The third-order valence-corrected chi connectivity index (χ3v) is 4.48. The van der Waals surface area contributed by atoms with Crippen molar-refractivity contribution in [1.29, 1.82) is 0 Å². The summed E-state index contributed by atoms with van der Waals surface area (Å²) in [4.78, 5) is 0. The molecule has 0 saturated carbocycles. The molecule has 0 aliphatic carbocycles. The Bertz CT molecular complexity index is 592. The van der Waals surface area contributed by atoms with Crippen molar-refractivity contribution in [2.75, 3.05) is 0 Å². The summed E-state index contributed by atoms with van der Waals surface area (Å²) in [5.41, 5.74) is 5.81. The summed E-state index contributed by atoms with van der Waals surface area (Å²) in [6.45, 7) is 11.1. The molecule has 0 N–H and O–H groups in total. The molecule has 0 aliphatic rings. The highest BCUT2D eigenvalue weighted by molar-refractivity contribution is 5.23. The van der Waals surface area contributed by atoms with Crippen LogP contribution in [-0.2, 0) is 0 Å². The van der Waals surface area contributed by atoms with Crippen LogP contribution in [0.4, 0.5) is 0 Å². The summed E-state index contributed by atoms with van der Waals surface area (Å²) < 4.78 is 0. The molecule has 136 valence electrons. The zero-order valence-corrected chi connectivity index (χ0v) is 16.9. The van der Waals surface area contributed by atoms with Gasteiger partial charge in [0.25, 0.3) is 0 Å². The van der Waals surface area contributed by atoms with Gasteiger partial charge in [0.05, 0.1) is 0 Å². The lowest BCUT2D eigenvalue weighted by atomic mass is 10.0. The molecule has 0 bridgehead atoms. The second-order valence-electron chi connectivity index (χ2n) is 7.32. The molecule has 0 aliphatic heterocycles. The predicted molar refractivity (Wildman–Crippen MR) is 114 cm³/mol. The minimum Gasteiger partial charge on any atom is -0.0856 e. The molecule has 1 aromatic carbocycles. The number of hydrogen-bond donors (Lipinski definition) is 0. The maximum Gasteiger partial charge on any atom is -0.00103 e. The summed E-state index contributed by atoms with van der Waals surface area (Å²) in [6.07, 6.45) is 17.4. The van der Waals surface area contributed by atoms with Gasteiger partial charge in [0.15, 0.2) is 0 Å². The molecule has 0 amide bonds. The lowest BCUT2D eigenvalue weighted by Crippen LogP contribution is -1.87. The Morgan fingerprint density at radius 2 is 1.44 bits per heavy atom. The molecule has 0 nitrogen and oxygen atoms in total. The van der Waals surface area contributed by atoms with E-state index in [2.05, 4.69) is 95.3 Å². The van der Waals surface area contributed by atoms with Gasteiger partial charge in [-0.25, -0.2) is 0 Å². The van der Waals surface area contributed by atoms with Gasteiger partial charge < -0.3 is 0 Å². The Balaban J connectivity index is 2.29. The molecule has 0 fully saturated rings. The number of rotatable bonds is 10. The van der Waals surface area contributed by atoms with Crippen LogP contribution in [0.1, 0.15) is 78.2 Å². The van der Waals surface area contributed by atoms with Crippen LogP contribution in [0, 0.1) is 0 Å². The standard InChI is InChI=1S/C25H36/c1-21(2)13-11-15-23(4)17-12-16-22(3)14-9-10-18-24(5)25-19-7-6-8-20-25/h6-8,10,13-14,17-20,24H,9,11-12,15-16H2,1-5H3/b18-10+,22-14+,23-17+. The minimum absolute atomic E-state index is 0.487. The Kier molecular flexibility index (Phi) is 10.6. The van der Waals surface area contributed by atoms with Crippen molar-refractivity contribution in [3.05, 3.63) is 83.0 Å². The van der Waals surface area contributed by atoms with Crippen LogP contribution in [0.2, 0.25) is 0 Å². The van der Waals surface area contributed by atoms with E-state index < -0.39 is 0 Å². The van der Waals surface area contributed by atoms with Gasteiger partial charge in [-0.05, 0) is 71.3 Å². The van der Waals surface area contributed by atoms with Gasteiger partial charge in [0.2, 0.25) is 0 Å². The zero-order chi connectivity index (χ0) is 18.5. The van der Waals surface area contributed by atoms with Crippen LogP contribution in [0.5, 0.6) is 0 Å². The van der Waals surface area contributed by atoms with E-state index >= 15 is 0 Å². The highest BCUT2D eigenvalue weighted by Crippen LogP contribution is 2.16. The van der Waals surface area contributed by atoms with Crippen molar-refractivity contribution in [2.45, 2.75) is 72.6 Å². The molecule has 25 heavy (non-hydrogen) atoms. The van der Waals surface area contributed by atoms with Crippen molar-refractivity contribution in [3.8, 4) is 0 Å². The van der Waals surface area contributed by atoms with Crippen LogP contribution in [0.25, 0.3) is 0 Å². The van der Waals surface area contributed by atoms with E-state index in [0.717, 1.165) is 12.8 Å². The topological polar surface area (TPSA) is 0 Å². The highest BCUT2D eigenvalue weighted by atomic mass is 14.0. The van der Waals surface area contributed by atoms with Crippen LogP contribution in [-0.4, -0.2) is 0 Å². The molecule has 1 unspecified atom stereocenters. The predicted octanol–water partition coefficient (Wildman–Crippen LogP) is 8.16. The van der Waals surface area contributed by atoms with E-state index in [1.165, 1.54) is 41.5 Å². The molecule has 0 heterocycles. The summed E-state index contributed by atoms with van der Waals surface area (Å²) in [5, 5.41) is 0. The highest BCUT2D eigenvalue weighted by Gasteiger charge is 1.98. The molecule has 0 radical (unpaired) electrons. The fraction of sp³-hybridized carbons (Fsp3) is 0.440. The Morgan fingerprint density at radius 3 is 2.08 bits per heavy atom. The van der Waals surface area contributed by atoms with Crippen LogP contribution < -0.4 is 0 Å². The van der Waals surface area contributed by atoms with Gasteiger partial charge in [0, 0.05) is 0 Å². The maximum atomic E-state index is 2.41. The Morgan fingerprint density at radius 1 is 0.840 bits per heavy atom. The fourth-order valence-electron chi connectivity index (χ4n) is 2.76. The average molecular weight is 337 g/mol. The van der Waals surface area contributed by atoms with Crippen molar-refractivity contribution in [1.82, 2.24) is 0 Å². The summed E-state index contributed by atoms with van der Waals surface area (Å²) in [6, 6.07) is 10.7. The smallest absolute Gasteiger partial charge is 0.00103 e. The lowest BCUT2D eigenvalue weighted by Gasteiger charge is -2.05. The normalized spacial score (nSPS) is 14.0. The van der Waals surface area contributed by atoms with Gasteiger partial charge >= 0.3 is 0 Å². The SMILES string of the molecule is CC(C)=CCC/C(C)=C/CC/C(C)=C/C/C=C/C(C)c1ccccc1. The third kappa shape index (κ3) is 10.6. The maximum absolute atomic E-state index is 2.41. The number of allylic oxidation sites excluding steroid dienone is 8. The third-order valence-electron chi connectivity index (χ3n) is 4.48. The van der Waals surface area contributed by atoms with Crippen molar-refractivity contribution in [3.63, 3.8) is 0 Å². The molecule has 1 aromatic rings. The summed E-state index contributed by atoms with van der Waals surface area (Å²) in [7, 11) is 0. The molecule has 0 saturated heterocycles. The van der Waals surface area contributed by atoms with Crippen molar-refractivity contribution >= 4 is 0 Å². The fourth-order valence-corrected chi connectivity index (χ4v) is 2.76. The van der Waals surface area contributed by atoms with Gasteiger partial charge in [-0.3, -0.25) is 0 Å². The van der Waals surface area contributed by atoms with Gasteiger partial charge in [-0.1, -0.05) is 84.4 Å². The van der Waals surface area contributed by atoms with Crippen molar-refractivity contribution < 1.29 is 0 Å². The van der Waals surface area contributed by atoms with Crippen LogP contribution >= 0.6 is 0 Å². The molecule has 1 rings (SSSR count). The molecular weight excluding hydrogens is 300 g/mol. The second-order valence-corrected chi connectivity index (χ2v) is 7.32. The van der Waals surface area contributed by atoms with Gasteiger partial charge in [0.1, 0.15) is 0 Å². The Hall–Kier alpha value is -1.82. The summed E-state index contributed by atoms with van der Waals surface area (Å²) >= 11 is 0. The van der Waals surface area contributed by atoms with E-state index in [9.17, 15) is 0 Å². The monoisotopic (exact) mass is 336 g/mol. The molecule has 0 spiro atoms. The molecule has 0 aromatic heterocycles. The van der Waals surface area contributed by atoms with Crippen molar-refractivity contribution in [2.24, 2.45) is 0 Å². The quantitative estimate of drug-likeness (QED) is 0.378. The first-order valence-electron chi connectivity index (χ1n) is 9.65. The molecule has 0 heteroatoms. The first-order chi connectivity index (χ1) is 12.0. The average Bonchev–Trinajstić information content (AvgIpc) is 2.59. The Labute approximate surface area is 156 Å².